The molecule has 0 aliphatic heterocycles. The average Bonchev–Trinajstić information content (AvgIpc) is 2.87. The van der Waals surface area contributed by atoms with Crippen molar-refractivity contribution >= 4 is 18.4 Å². The molecule has 0 unspecified atom stereocenters. The fraction of sp³-hybridized carbons (Fsp3) is 0.321. The van der Waals surface area contributed by atoms with Crippen LogP contribution in [0, 0.1) is 0 Å². The van der Waals surface area contributed by atoms with Gasteiger partial charge >= 0.3 is 5.97 Å². The Kier molecular flexibility index (Phi) is 11.7. The monoisotopic (exact) mass is 499 g/mol. The van der Waals surface area contributed by atoms with Crippen molar-refractivity contribution in [1.82, 2.24) is 4.90 Å². The lowest BCUT2D eigenvalue weighted by Crippen LogP contribution is -2.48. The van der Waals surface area contributed by atoms with Crippen LogP contribution >= 0.6 is 12.4 Å². The van der Waals surface area contributed by atoms with Crippen molar-refractivity contribution in [3.63, 3.8) is 0 Å². The molecule has 0 amide bonds. The molecular weight excluding hydrogens is 466 g/mol. The second-order valence-electron chi connectivity index (χ2n) is 8.39. The zero-order chi connectivity index (χ0) is 24.3. The van der Waals surface area contributed by atoms with Crippen molar-refractivity contribution in [3.05, 3.63) is 102 Å². The van der Waals surface area contributed by atoms with Crippen molar-refractivity contribution in [2.75, 3.05) is 20.3 Å². The highest BCUT2D eigenvalue weighted by Crippen LogP contribution is 2.17. The quantitative estimate of drug-likeness (QED) is 0.288. The van der Waals surface area contributed by atoms with Crippen molar-refractivity contribution < 1.29 is 24.5 Å². The maximum atomic E-state index is 11.7. The molecule has 0 saturated carbocycles. The van der Waals surface area contributed by atoms with Gasteiger partial charge in [0.1, 0.15) is 24.7 Å². The molecule has 7 heteroatoms. The molecule has 0 bridgehead atoms. The fourth-order valence-electron chi connectivity index (χ4n) is 3.90. The van der Waals surface area contributed by atoms with E-state index in [4.69, 9.17) is 9.47 Å². The Bertz CT molecular complexity index is 1000. The third-order valence-corrected chi connectivity index (χ3v) is 5.72. The Morgan fingerprint density at radius 3 is 2.03 bits per heavy atom. The van der Waals surface area contributed by atoms with Crippen LogP contribution in [0.1, 0.15) is 28.4 Å². The van der Waals surface area contributed by atoms with Crippen LogP contribution < -0.4 is 4.74 Å². The van der Waals surface area contributed by atoms with E-state index in [0.717, 1.165) is 11.1 Å². The molecule has 0 aliphatic carbocycles. The van der Waals surface area contributed by atoms with Gasteiger partial charge in [-0.05, 0) is 48.7 Å². The Morgan fingerprint density at radius 2 is 1.43 bits per heavy atom. The number of esters is 1. The van der Waals surface area contributed by atoms with Gasteiger partial charge in [-0.15, -0.1) is 12.4 Å². The molecule has 0 fully saturated rings. The van der Waals surface area contributed by atoms with E-state index in [1.807, 2.05) is 84.6 Å². The minimum atomic E-state index is -0.783. The van der Waals surface area contributed by atoms with Crippen molar-refractivity contribution in [2.45, 2.75) is 38.1 Å². The molecule has 0 spiro atoms. The predicted molar refractivity (Wildman–Crippen MR) is 139 cm³/mol. The van der Waals surface area contributed by atoms with E-state index in [9.17, 15) is 15.0 Å². The maximum absolute atomic E-state index is 11.7. The van der Waals surface area contributed by atoms with Crippen LogP contribution in [-0.2, 0) is 17.6 Å². The first-order valence-corrected chi connectivity index (χ1v) is 11.5. The highest BCUT2D eigenvalue weighted by molar-refractivity contribution is 5.89. The summed E-state index contributed by atoms with van der Waals surface area (Å²) in [7, 11) is 1.36. The van der Waals surface area contributed by atoms with Crippen molar-refractivity contribution in [1.29, 1.82) is 0 Å². The zero-order valence-corrected chi connectivity index (χ0v) is 20.9. The molecule has 3 rings (SSSR count). The highest BCUT2D eigenvalue weighted by atomic mass is 35.5. The normalized spacial score (nSPS) is 13.4. The molecule has 0 aliphatic rings. The number of nitrogens with zero attached hydrogens (tertiary/aromatic N) is 1. The number of aliphatic hydroxyl groups is 2. The van der Waals surface area contributed by atoms with Crippen molar-refractivity contribution in [2.24, 2.45) is 0 Å². The molecule has 0 aromatic heterocycles. The lowest BCUT2D eigenvalue weighted by atomic mass is 10.0. The van der Waals surface area contributed by atoms with Crippen LogP contribution in [-0.4, -0.2) is 59.7 Å². The van der Waals surface area contributed by atoms with Crippen molar-refractivity contribution in [3.8, 4) is 5.75 Å². The van der Waals surface area contributed by atoms with Gasteiger partial charge < -0.3 is 19.7 Å². The summed E-state index contributed by atoms with van der Waals surface area (Å²) in [6.45, 7) is 2.40. The van der Waals surface area contributed by atoms with Gasteiger partial charge in [0.05, 0.1) is 12.7 Å². The topological polar surface area (TPSA) is 79.2 Å². The van der Waals surface area contributed by atoms with Gasteiger partial charge in [-0.3, -0.25) is 4.90 Å². The van der Waals surface area contributed by atoms with Gasteiger partial charge in [-0.2, -0.15) is 0 Å². The molecule has 3 aromatic carbocycles. The molecule has 35 heavy (non-hydrogen) atoms. The van der Waals surface area contributed by atoms with Crippen LogP contribution in [0.15, 0.2) is 84.9 Å². The Balaban J connectivity index is 0.00000432. The molecular formula is C28H34ClNO5. The molecule has 3 aromatic rings. The summed E-state index contributed by atoms with van der Waals surface area (Å²) < 4.78 is 10.5. The van der Waals surface area contributed by atoms with Crippen LogP contribution in [0.3, 0.4) is 0 Å². The summed E-state index contributed by atoms with van der Waals surface area (Å²) in [5, 5.41) is 21.8. The summed E-state index contributed by atoms with van der Waals surface area (Å²) in [5.74, 6) is 0.317. The van der Waals surface area contributed by atoms with Crippen LogP contribution in [0.25, 0.3) is 0 Å². The third kappa shape index (κ3) is 9.00. The summed E-state index contributed by atoms with van der Waals surface area (Å²) in [6.07, 6.45) is -0.480. The minimum Gasteiger partial charge on any atom is -0.491 e. The second-order valence-corrected chi connectivity index (χ2v) is 8.39. The maximum Gasteiger partial charge on any atom is 0.337 e. The number of benzene rings is 3. The predicted octanol–water partition coefficient (Wildman–Crippen LogP) is 4.13. The SMILES string of the molecule is COC(=O)c1ccc(C[C@@H](C)N(C[C@@H](O)COc2ccccc2)[C@H](O)Cc2ccccc2)cc1.Cl. The number of carbonyl (C=O) groups excluding carboxylic acids is 1. The van der Waals surface area contributed by atoms with E-state index >= 15 is 0 Å². The number of hydrogen-bond acceptors (Lipinski definition) is 6. The van der Waals surface area contributed by atoms with Crippen LogP contribution in [0.2, 0.25) is 0 Å². The van der Waals surface area contributed by atoms with E-state index in [-0.39, 0.29) is 37.6 Å². The summed E-state index contributed by atoms with van der Waals surface area (Å²) in [5.41, 5.74) is 2.53. The van der Waals surface area contributed by atoms with Gasteiger partial charge in [-0.25, -0.2) is 4.79 Å². The number of hydrogen-bond donors (Lipinski definition) is 2. The van der Waals surface area contributed by atoms with Gasteiger partial charge in [0, 0.05) is 19.0 Å². The van der Waals surface area contributed by atoms with E-state index in [0.29, 0.717) is 24.2 Å². The lowest BCUT2D eigenvalue weighted by Gasteiger charge is -2.35. The van der Waals surface area contributed by atoms with E-state index in [1.165, 1.54) is 7.11 Å². The number of methoxy groups -OCH3 is 1. The van der Waals surface area contributed by atoms with Gasteiger partial charge in [0.2, 0.25) is 0 Å². The zero-order valence-electron chi connectivity index (χ0n) is 20.1. The number of aliphatic hydroxyl groups excluding tert-OH is 2. The van der Waals surface area contributed by atoms with Crippen LogP contribution in [0.4, 0.5) is 0 Å². The third-order valence-electron chi connectivity index (χ3n) is 5.72. The second kappa shape index (κ2) is 14.5. The number of para-hydroxylation sites is 1. The molecule has 0 radical (unpaired) electrons. The molecule has 0 heterocycles. The molecule has 2 N–H and O–H groups in total. The van der Waals surface area contributed by atoms with E-state index in [1.54, 1.807) is 12.1 Å². The van der Waals surface area contributed by atoms with E-state index in [2.05, 4.69) is 0 Å². The fourth-order valence-corrected chi connectivity index (χ4v) is 3.90. The average molecular weight is 500 g/mol. The lowest BCUT2D eigenvalue weighted by molar-refractivity contribution is -0.0506. The number of rotatable bonds is 12. The number of carbonyl (C=O) groups is 1. The smallest absolute Gasteiger partial charge is 0.337 e. The summed E-state index contributed by atoms with van der Waals surface area (Å²) in [4.78, 5) is 13.6. The molecule has 6 nitrogen and oxygen atoms in total. The van der Waals surface area contributed by atoms with Gasteiger partial charge in [0.25, 0.3) is 0 Å². The molecule has 3 atom stereocenters. The Morgan fingerprint density at radius 1 is 0.857 bits per heavy atom. The standard InChI is InChI=1S/C28H33NO5.ClH/c1-21(17-23-13-15-24(16-14-23)28(32)33-2)29(27(31)18-22-9-5-3-6-10-22)19-25(30)20-34-26-11-7-4-8-12-26;/h3-16,21,25,27,30-31H,17-20H2,1-2H3;1H/t21-,25-,27-;/m1./s1. The Hall–Kier alpha value is -2.90. The summed E-state index contributed by atoms with van der Waals surface area (Å²) in [6, 6.07) is 26.3. The first-order valence-electron chi connectivity index (χ1n) is 11.5. The van der Waals surface area contributed by atoms with Gasteiger partial charge in [-0.1, -0.05) is 60.7 Å². The van der Waals surface area contributed by atoms with Crippen LogP contribution in [0.5, 0.6) is 5.75 Å². The van der Waals surface area contributed by atoms with E-state index < -0.39 is 12.3 Å². The molecule has 188 valence electrons. The number of ether oxygens (including phenoxy) is 2. The number of halogens is 1. The van der Waals surface area contributed by atoms with Gasteiger partial charge in [0.15, 0.2) is 0 Å². The first-order chi connectivity index (χ1) is 16.5. The summed E-state index contributed by atoms with van der Waals surface area (Å²) >= 11 is 0. The first kappa shape index (κ1) is 28.3. The minimum absolute atomic E-state index is 0. The highest BCUT2D eigenvalue weighted by Gasteiger charge is 2.25. The largest absolute Gasteiger partial charge is 0.491 e. The molecule has 0 saturated heterocycles. The Labute approximate surface area is 213 Å².